The van der Waals surface area contributed by atoms with E-state index in [1.54, 1.807) is 42.2 Å². The van der Waals surface area contributed by atoms with Crippen LogP contribution in [0.4, 0.5) is 5.69 Å². The van der Waals surface area contributed by atoms with Gasteiger partial charge in [-0.25, -0.2) is 12.7 Å². The van der Waals surface area contributed by atoms with Crippen molar-refractivity contribution < 1.29 is 27.9 Å². The zero-order valence-electron chi connectivity index (χ0n) is 20.3. The molecule has 0 saturated heterocycles. The first-order valence-corrected chi connectivity index (χ1v) is 13.2. The van der Waals surface area contributed by atoms with E-state index in [2.05, 4.69) is 10.3 Å². The van der Waals surface area contributed by atoms with Gasteiger partial charge in [0, 0.05) is 48.7 Å². The topological polar surface area (TPSA) is 129 Å². The van der Waals surface area contributed by atoms with Crippen molar-refractivity contribution in [1.82, 2.24) is 14.2 Å². The highest BCUT2D eigenvalue weighted by Gasteiger charge is 2.32. The Morgan fingerprint density at radius 1 is 1.31 bits per heavy atom. The number of amides is 2. The monoisotopic (exact) mass is 504 g/mol. The summed E-state index contributed by atoms with van der Waals surface area (Å²) in [4.78, 5) is 31.3. The maximum absolute atomic E-state index is 13.2. The Labute approximate surface area is 206 Å². The van der Waals surface area contributed by atoms with Crippen LogP contribution in [0, 0.1) is 5.92 Å². The van der Waals surface area contributed by atoms with Crippen molar-refractivity contribution in [3.8, 4) is 5.75 Å². The lowest BCUT2D eigenvalue weighted by atomic mass is 10.0. The second-order valence-electron chi connectivity index (χ2n) is 8.94. The minimum Gasteiger partial charge on any atom is -0.488 e. The van der Waals surface area contributed by atoms with Crippen LogP contribution in [-0.2, 0) is 21.2 Å². The van der Waals surface area contributed by atoms with E-state index in [9.17, 15) is 23.1 Å². The summed E-state index contributed by atoms with van der Waals surface area (Å²) in [5, 5.41) is 12.5. The van der Waals surface area contributed by atoms with Crippen molar-refractivity contribution in [3.05, 3.63) is 53.9 Å². The molecule has 3 atom stereocenters. The molecule has 1 aliphatic heterocycles. The average Bonchev–Trinajstić information content (AvgIpc) is 2.86. The maximum atomic E-state index is 13.2. The Morgan fingerprint density at radius 2 is 2.00 bits per heavy atom. The van der Waals surface area contributed by atoms with Crippen LogP contribution in [0.2, 0.25) is 0 Å². The molecule has 0 unspecified atom stereocenters. The fraction of sp³-hybridized carbons (Fsp3) is 0.458. The van der Waals surface area contributed by atoms with Gasteiger partial charge in [0.2, 0.25) is 15.9 Å². The van der Waals surface area contributed by atoms with E-state index in [-0.39, 0.29) is 37.3 Å². The number of carbonyl (C=O) groups excluding carboxylic acids is 2. The van der Waals surface area contributed by atoms with Gasteiger partial charge in [0.1, 0.15) is 11.9 Å². The summed E-state index contributed by atoms with van der Waals surface area (Å²) in [5.74, 6) is -0.302. The number of hydrogen-bond acceptors (Lipinski definition) is 7. The second-order valence-corrected chi connectivity index (χ2v) is 11.0. The number of pyridine rings is 1. The third-order valence-electron chi connectivity index (χ3n) is 6.12. The first-order valence-electron chi connectivity index (χ1n) is 11.3. The largest absolute Gasteiger partial charge is 0.488 e. The molecule has 0 radical (unpaired) electrons. The van der Waals surface area contributed by atoms with E-state index in [4.69, 9.17) is 4.74 Å². The highest BCUT2D eigenvalue weighted by Crippen LogP contribution is 2.29. The van der Waals surface area contributed by atoms with Gasteiger partial charge in [-0.1, -0.05) is 6.92 Å². The minimum atomic E-state index is -3.44. The summed E-state index contributed by atoms with van der Waals surface area (Å²) in [6.07, 6.45) is 3.63. The van der Waals surface area contributed by atoms with E-state index in [1.165, 1.54) is 23.7 Å². The number of nitrogens with zero attached hydrogens (tertiary/aromatic N) is 3. The molecule has 3 rings (SSSR count). The van der Waals surface area contributed by atoms with Gasteiger partial charge in [-0.3, -0.25) is 14.6 Å². The number of rotatable bonds is 7. The maximum Gasteiger partial charge on any atom is 0.255 e. The summed E-state index contributed by atoms with van der Waals surface area (Å²) in [6, 6.07) is 7.80. The molecule has 0 saturated carbocycles. The normalized spacial score (nSPS) is 19.7. The lowest BCUT2D eigenvalue weighted by Gasteiger charge is -2.33. The number of fused-ring (bicyclic) bond motifs is 1. The first kappa shape index (κ1) is 26.6. The standard InChI is InChI=1S/C24H32N4O6S/c1-16-13-28(17(2)15-29)23(30)12-19-11-20(26-24(31)18-7-9-25-10-8-18)5-6-21(19)34-22(16)14-27(3)35(4,32)33/h5-11,16-17,22,29H,12-15H2,1-4H3,(H,26,31)/t16-,17+,22-/m1/s1. The zero-order chi connectivity index (χ0) is 25.8. The second kappa shape index (κ2) is 11.1. The summed E-state index contributed by atoms with van der Waals surface area (Å²) in [6.45, 7) is 3.83. The molecule has 2 amide bonds. The Balaban J connectivity index is 1.96. The van der Waals surface area contributed by atoms with E-state index in [0.29, 0.717) is 29.1 Å². The quantitative estimate of drug-likeness (QED) is 0.583. The Hall–Kier alpha value is -3.02. The molecule has 0 fully saturated rings. The van der Waals surface area contributed by atoms with Gasteiger partial charge in [0.05, 0.1) is 31.9 Å². The van der Waals surface area contributed by atoms with Crippen molar-refractivity contribution in [2.24, 2.45) is 5.92 Å². The molecule has 190 valence electrons. The third-order valence-corrected chi connectivity index (χ3v) is 7.40. The summed E-state index contributed by atoms with van der Waals surface area (Å²) in [5.41, 5.74) is 1.48. The number of ether oxygens (including phenoxy) is 1. The number of carbonyl (C=O) groups is 2. The molecule has 1 aromatic heterocycles. The van der Waals surface area contributed by atoms with Crippen LogP contribution < -0.4 is 10.1 Å². The fourth-order valence-corrected chi connectivity index (χ4v) is 4.24. The van der Waals surface area contributed by atoms with Gasteiger partial charge in [-0.05, 0) is 37.3 Å². The van der Waals surface area contributed by atoms with Crippen molar-refractivity contribution in [2.75, 3.05) is 38.3 Å². The molecule has 35 heavy (non-hydrogen) atoms. The van der Waals surface area contributed by atoms with Gasteiger partial charge in [0.25, 0.3) is 5.91 Å². The van der Waals surface area contributed by atoms with Gasteiger partial charge in [0.15, 0.2) is 0 Å². The Morgan fingerprint density at radius 3 is 2.63 bits per heavy atom. The van der Waals surface area contributed by atoms with Crippen LogP contribution in [0.25, 0.3) is 0 Å². The van der Waals surface area contributed by atoms with E-state index < -0.39 is 22.2 Å². The lowest BCUT2D eigenvalue weighted by molar-refractivity contribution is -0.134. The summed E-state index contributed by atoms with van der Waals surface area (Å²) < 4.78 is 31.6. The highest BCUT2D eigenvalue weighted by molar-refractivity contribution is 7.88. The molecule has 10 nitrogen and oxygen atoms in total. The number of aliphatic hydroxyl groups excluding tert-OH is 1. The van der Waals surface area contributed by atoms with Crippen LogP contribution in [0.3, 0.4) is 0 Å². The molecule has 0 bridgehead atoms. The third kappa shape index (κ3) is 6.77. The van der Waals surface area contributed by atoms with Crippen LogP contribution >= 0.6 is 0 Å². The predicted molar refractivity (Wildman–Crippen MR) is 132 cm³/mol. The summed E-state index contributed by atoms with van der Waals surface area (Å²) in [7, 11) is -1.96. The molecule has 2 aromatic rings. The minimum absolute atomic E-state index is 0.00000350. The molecule has 0 aliphatic carbocycles. The number of aromatic nitrogens is 1. The van der Waals surface area contributed by atoms with Gasteiger partial charge in [-0.15, -0.1) is 0 Å². The number of aliphatic hydroxyl groups is 1. The number of benzene rings is 1. The SMILES string of the molecule is C[C@@H]1CN([C@@H](C)CO)C(=O)Cc2cc(NC(=O)c3ccncc3)ccc2O[C@@H]1CN(C)S(C)(=O)=O. The summed E-state index contributed by atoms with van der Waals surface area (Å²) >= 11 is 0. The number of sulfonamides is 1. The van der Waals surface area contributed by atoms with Crippen molar-refractivity contribution in [3.63, 3.8) is 0 Å². The van der Waals surface area contributed by atoms with E-state index in [0.717, 1.165) is 6.26 Å². The van der Waals surface area contributed by atoms with E-state index in [1.807, 2.05) is 6.92 Å². The van der Waals surface area contributed by atoms with Crippen LogP contribution in [0.5, 0.6) is 5.75 Å². The van der Waals surface area contributed by atoms with Crippen LogP contribution in [0.15, 0.2) is 42.7 Å². The average molecular weight is 505 g/mol. The van der Waals surface area contributed by atoms with Gasteiger partial charge in [-0.2, -0.15) is 0 Å². The van der Waals surface area contributed by atoms with Crippen LogP contribution in [0.1, 0.15) is 29.8 Å². The number of likely N-dealkylation sites (N-methyl/N-ethyl adjacent to an activating group) is 1. The molecule has 11 heteroatoms. The fourth-order valence-electron chi connectivity index (χ4n) is 3.82. The Bertz CT molecular complexity index is 1160. The molecule has 2 heterocycles. The van der Waals surface area contributed by atoms with Crippen LogP contribution in [-0.4, -0.2) is 84.7 Å². The van der Waals surface area contributed by atoms with Crippen molar-refractivity contribution >= 4 is 27.5 Å². The number of nitrogens with one attached hydrogen (secondary N) is 1. The Kier molecular flexibility index (Phi) is 8.47. The van der Waals surface area contributed by atoms with Gasteiger partial charge >= 0.3 is 0 Å². The number of anilines is 1. The van der Waals surface area contributed by atoms with Gasteiger partial charge < -0.3 is 20.1 Å². The molecular formula is C24H32N4O6S. The molecule has 0 spiro atoms. The number of hydrogen-bond donors (Lipinski definition) is 2. The molecule has 2 N–H and O–H groups in total. The zero-order valence-corrected chi connectivity index (χ0v) is 21.2. The molecule has 1 aliphatic rings. The molecular weight excluding hydrogens is 472 g/mol. The smallest absolute Gasteiger partial charge is 0.255 e. The molecule has 1 aromatic carbocycles. The van der Waals surface area contributed by atoms with Crippen molar-refractivity contribution in [1.29, 1.82) is 0 Å². The predicted octanol–water partition coefficient (Wildman–Crippen LogP) is 1.37. The highest BCUT2D eigenvalue weighted by atomic mass is 32.2. The van der Waals surface area contributed by atoms with E-state index >= 15 is 0 Å². The first-order chi connectivity index (χ1) is 16.5. The lowest BCUT2D eigenvalue weighted by Crippen LogP contribution is -2.48. The van der Waals surface area contributed by atoms with Crippen molar-refractivity contribution in [2.45, 2.75) is 32.4 Å².